The molecule has 0 aliphatic rings. The van der Waals surface area contributed by atoms with Gasteiger partial charge in [0.1, 0.15) is 5.82 Å². The van der Waals surface area contributed by atoms with Gasteiger partial charge >= 0.3 is 6.18 Å². The average molecular weight is 288 g/mol. The minimum Gasteiger partial charge on any atom is -0.397 e. The van der Waals surface area contributed by atoms with Crippen molar-refractivity contribution < 1.29 is 13.2 Å². The maximum absolute atomic E-state index is 12.6. The summed E-state index contributed by atoms with van der Waals surface area (Å²) in [5, 5.41) is 2.73. The Kier molecular flexibility index (Phi) is 3.53. The van der Waals surface area contributed by atoms with Gasteiger partial charge in [0.2, 0.25) is 0 Å². The van der Waals surface area contributed by atoms with E-state index in [0.29, 0.717) is 11.5 Å². The van der Waals surface area contributed by atoms with E-state index in [1.165, 1.54) is 12.3 Å². The fraction of sp³-hybridized carbons (Fsp3) is 0.0833. The van der Waals surface area contributed by atoms with E-state index in [0.717, 1.165) is 12.1 Å². The number of alkyl halides is 3. The number of halogens is 4. The van der Waals surface area contributed by atoms with Crippen LogP contribution in [0.5, 0.6) is 0 Å². The Morgan fingerprint density at radius 1 is 1.16 bits per heavy atom. The number of aromatic nitrogens is 1. The first-order valence-corrected chi connectivity index (χ1v) is 5.59. The summed E-state index contributed by atoms with van der Waals surface area (Å²) >= 11 is 5.67. The second-order valence-electron chi connectivity index (χ2n) is 3.83. The Balaban J connectivity index is 2.30. The molecule has 2 rings (SSSR count). The molecule has 0 atom stereocenters. The fourth-order valence-electron chi connectivity index (χ4n) is 1.45. The lowest BCUT2D eigenvalue weighted by atomic mass is 10.2. The molecule has 0 fully saturated rings. The number of rotatable bonds is 2. The molecule has 2 aromatic rings. The standard InChI is InChI=1S/C12H9ClF3N3/c13-8-3-7(12(14,15)16)4-10(5-8)19-11-2-1-9(17)6-18-11/h1-6H,17H2,(H,18,19). The Morgan fingerprint density at radius 3 is 2.47 bits per heavy atom. The predicted molar refractivity (Wildman–Crippen MR) is 68.4 cm³/mol. The summed E-state index contributed by atoms with van der Waals surface area (Å²) in [6.07, 6.45) is -3.05. The van der Waals surface area contributed by atoms with Gasteiger partial charge in [-0.25, -0.2) is 4.98 Å². The van der Waals surface area contributed by atoms with E-state index in [-0.39, 0.29) is 10.7 Å². The van der Waals surface area contributed by atoms with Crippen molar-refractivity contribution >= 4 is 28.8 Å². The van der Waals surface area contributed by atoms with Crippen molar-refractivity contribution in [1.29, 1.82) is 0 Å². The van der Waals surface area contributed by atoms with Crippen molar-refractivity contribution in [1.82, 2.24) is 4.98 Å². The molecule has 0 saturated carbocycles. The Morgan fingerprint density at radius 2 is 1.89 bits per heavy atom. The number of nitrogens with one attached hydrogen (secondary N) is 1. The average Bonchev–Trinajstić information content (AvgIpc) is 2.30. The highest BCUT2D eigenvalue weighted by Crippen LogP contribution is 2.33. The summed E-state index contributed by atoms with van der Waals surface area (Å²) in [4.78, 5) is 3.93. The summed E-state index contributed by atoms with van der Waals surface area (Å²) < 4.78 is 37.9. The van der Waals surface area contributed by atoms with Crippen LogP contribution in [0.2, 0.25) is 5.02 Å². The minimum atomic E-state index is -4.45. The number of pyridine rings is 1. The van der Waals surface area contributed by atoms with Gasteiger partial charge < -0.3 is 11.1 Å². The maximum Gasteiger partial charge on any atom is 0.416 e. The van der Waals surface area contributed by atoms with Gasteiger partial charge in [0.05, 0.1) is 17.4 Å². The molecule has 0 saturated heterocycles. The zero-order valence-corrected chi connectivity index (χ0v) is 10.3. The van der Waals surface area contributed by atoms with Crippen LogP contribution < -0.4 is 11.1 Å². The summed E-state index contributed by atoms with van der Waals surface area (Å²) in [6.45, 7) is 0. The van der Waals surface area contributed by atoms with E-state index < -0.39 is 11.7 Å². The zero-order valence-electron chi connectivity index (χ0n) is 9.50. The second kappa shape index (κ2) is 4.97. The van der Waals surface area contributed by atoms with Crippen LogP contribution in [0, 0.1) is 0 Å². The van der Waals surface area contributed by atoms with E-state index in [1.807, 2.05) is 0 Å². The van der Waals surface area contributed by atoms with Gasteiger partial charge in [-0.15, -0.1) is 0 Å². The molecule has 0 spiro atoms. The van der Waals surface area contributed by atoms with Crippen LogP contribution in [0.1, 0.15) is 5.56 Å². The van der Waals surface area contributed by atoms with Crippen molar-refractivity contribution in [3.8, 4) is 0 Å². The summed E-state index contributed by atoms with van der Waals surface area (Å²) in [6, 6.07) is 6.36. The molecule has 7 heteroatoms. The van der Waals surface area contributed by atoms with Gasteiger partial charge in [0.25, 0.3) is 0 Å². The molecule has 3 N–H and O–H groups in total. The Bertz CT molecular complexity index is 582. The summed E-state index contributed by atoms with van der Waals surface area (Å²) in [5.41, 5.74) is 5.31. The molecule has 0 amide bonds. The highest BCUT2D eigenvalue weighted by atomic mass is 35.5. The number of nitrogens with two attached hydrogens (primary N) is 1. The number of hydrogen-bond donors (Lipinski definition) is 2. The monoisotopic (exact) mass is 287 g/mol. The van der Waals surface area contributed by atoms with Crippen molar-refractivity contribution in [2.45, 2.75) is 6.18 Å². The van der Waals surface area contributed by atoms with E-state index in [1.54, 1.807) is 12.1 Å². The third kappa shape index (κ3) is 3.51. The fourth-order valence-corrected chi connectivity index (χ4v) is 1.69. The Labute approximate surface area is 112 Å². The van der Waals surface area contributed by atoms with Gasteiger partial charge in [-0.05, 0) is 30.3 Å². The molecule has 0 aliphatic heterocycles. The van der Waals surface area contributed by atoms with Gasteiger partial charge in [-0.1, -0.05) is 11.6 Å². The van der Waals surface area contributed by atoms with E-state index in [4.69, 9.17) is 17.3 Å². The van der Waals surface area contributed by atoms with Crippen molar-refractivity contribution in [2.75, 3.05) is 11.1 Å². The molecule has 100 valence electrons. The van der Waals surface area contributed by atoms with Crippen LogP contribution >= 0.6 is 11.6 Å². The summed E-state index contributed by atoms with van der Waals surface area (Å²) in [5.74, 6) is 0.379. The predicted octanol–water partition coefficient (Wildman–Crippen LogP) is 4.08. The number of anilines is 3. The minimum absolute atomic E-state index is 0.00669. The number of nitrogen functional groups attached to an aromatic ring is 1. The number of benzene rings is 1. The van der Waals surface area contributed by atoms with Crippen molar-refractivity contribution in [3.05, 3.63) is 47.1 Å². The van der Waals surface area contributed by atoms with E-state index >= 15 is 0 Å². The lowest BCUT2D eigenvalue weighted by Gasteiger charge is -2.11. The lowest BCUT2D eigenvalue weighted by Crippen LogP contribution is -2.05. The first-order chi connectivity index (χ1) is 8.84. The van der Waals surface area contributed by atoms with Gasteiger partial charge in [-0.2, -0.15) is 13.2 Å². The number of hydrogen-bond acceptors (Lipinski definition) is 3. The normalized spacial score (nSPS) is 11.4. The number of nitrogens with zero attached hydrogens (tertiary/aromatic N) is 1. The molecular formula is C12H9ClF3N3. The molecule has 0 radical (unpaired) electrons. The molecular weight excluding hydrogens is 279 g/mol. The molecule has 19 heavy (non-hydrogen) atoms. The third-order valence-corrected chi connectivity index (χ3v) is 2.50. The van der Waals surface area contributed by atoms with E-state index in [2.05, 4.69) is 10.3 Å². The molecule has 0 unspecified atom stereocenters. The van der Waals surface area contributed by atoms with Crippen LogP contribution in [0.15, 0.2) is 36.5 Å². The van der Waals surface area contributed by atoms with Crippen LogP contribution in [0.3, 0.4) is 0 Å². The highest BCUT2D eigenvalue weighted by molar-refractivity contribution is 6.31. The lowest BCUT2D eigenvalue weighted by molar-refractivity contribution is -0.137. The quantitative estimate of drug-likeness (QED) is 0.875. The maximum atomic E-state index is 12.6. The molecule has 1 heterocycles. The first-order valence-electron chi connectivity index (χ1n) is 5.21. The largest absolute Gasteiger partial charge is 0.416 e. The highest BCUT2D eigenvalue weighted by Gasteiger charge is 2.31. The first kappa shape index (κ1) is 13.5. The second-order valence-corrected chi connectivity index (χ2v) is 4.26. The topological polar surface area (TPSA) is 50.9 Å². The smallest absolute Gasteiger partial charge is 0.397 e. The van der Waals surface area contributed by atoms with Crippen LogP contribution in [-0.4, -0.2) is 4.98 Å². The Hall–Kier alpha value is -1.95. The van der Waals surface area contributed by atoms with E-state index in [9.17, 15) is 13.2 Å². The molecule has 3 nitrogen and oxygen atoms in total. The van der Waals surface area contributed by atoms with Crippen molar-refractivity contribution in [2.24, 2.45) is 0 Å². The van der Waals surface area contributed by atoms with Gasteiger partial charge in [-0.3, -0.25) is 0 Å². The third-order valence-electron chi connectivity index (χ3n) is 2.28. The van der Waals surface area contributed by atoms with Gasteiger partial charge in [0.15, 0.2) is 0 Å². The SMILES string of the molecule is Nc1ccc(Nc2cc(Cl)cc(C(F)(F)F)c2)nc1. The van der Waals surface area contributed by atoms with Crippen LogP contribution in [0.25, 0.3) is 0 Å². The summed E-state index contributed by atoms with van der Waals surface area (Å²) in [7, 11) is 0. The zero-order chi connectivity index (χ0) is 14.0. The van der Waals surface area contributed by atoms with Gasteiger partial charge in [0, 0.05) is 10.7 Å². The van der Waals surface area contributed by atoms with Crippen LogP contribution in [0.4, 0.5) is 30.4 Å². The molecule has 1 aromatic heterocycles. The van der Waals surface area contributed by atoms with Crippen molar-refractivity contribution in [3.63, 3.8) is 0 Å². The molecule has 0 aliphatic carbocycles. The molecule has 0 bridgehead atoms. The van der Waals surface area contributed by atoms with Crippen LogP contribution in [-0.2, 0) is 6.18 Å². The molecule has 1 aromatic carbocycles.